The van der Waals surface area contributed by atoms with Gasteiger partial charge in [-0.3, -0.25) is 19.5 Å². The molecule has 6 heteroatoms. The molecule has 3 heterocycles. The van der Waals surface area contributed by atoms with Crippen LogP contribution >= 0.6 is 0 Å². The number of carbonyl (C=O) groups excluding carboxylic acids is 2. The number of amides is 2. The predicted molar refractivity (Wildman–Crippen MR) is 113 cm³/mol. The molecule has 3 fully saturated rings. The second kappa shape index (κ2) is 8.05. The van der Waals surface area contributed by atoms with Crippen LogP contribution in [0, 0.1) is 5.92 Å². The maximum absolute atomic E-state index is 12.6. The normalized spacial score (nSPS) is 26.9. The first kappa shape index (κ1) is 20.3. The van der Waals surface area contributed by atoms with Crippen molar-refractivity contribution in [1.82, 2.24) is 20.5 Å². The number of nitrogens with zero attached hydrogens (tertiary/aromatic N) is 2. The maximum atomic E-state index is 12.6. The van der Waals surface area contributed by atoms with Crippen LogP contribution in [0.25, 0.3) is 0 Å². The molecule has 2 amide bonds. The highest BCUT2D eigenvalue weighted by atomic mass is 16.2. The number of fused-ring (bicyclic) bond motifs is 2. The van der Waals surface area contributed by atoms with Gasteiger partial charge in [-0.1, -0.05) is 0 Å². The van der Waals surface area contributed by atoms with Gasteiger partial charge in [0.1, 0.15) is 0 Å². The molecule has 1 aromatic heterocycles. The van der Waals surface area contributed by atoms with Gasteiger partial charge in [0.05, 0.1) is 12.1 Å². The first-order chi connectivity index (χ1) is 13.8. The third-order valence-electron chi connectivity index (χ3n) is 6.44. The number of hydrogen-bond donors (Lipinski definition) is 2. The topological polar surface area (TPSA) is 74.3 Å². The average Bonchev–Trinajstić information content (AvgIpc) is 3.46. The standard InChI is InChI=1S/C23H34N4O2/c1-23(2,3)26-21(28)14-27-19-6-7-20(27)9-15(8-19)11-25-22(29)18-10-17(12-24-13-18)16-4-5-16/h10,12-13,15-16,19-20H,4-9,11,14H2,1-3H3,(H,25,29)(H,26,28). The summed E-state index contributed by atoms with van der Waals surface area (Å²) in [5.74, 6) is 1.19. The van der Waals surface area contributed by atoms with Crippen LogP contribution in [0.3, 0.4) is 0 Å². The first-order valence-electron chi connectivity index (χ1n) is 11.1. The zero-order valence-electron chi connectivity index (χ0n) is 17.9. The number of carbonyl (C=O) groups is 2. The van der Waals surface area contributed by atoms with E-state index in [2.05, 4.69) is 20.5 Å². The fourth-order valence-electron chi connectivity index (χ4n) is 5.00. The van der Waals surface area contributed by atoms with Crippen LogP contribution in [-0.2, 0) is 4.79 Å². The number of hydrogen-bond acceptors (Lipinski definition) is 4. The summed E-state index contributed by atoms with van der Waals surface area (Å²) in [6.07, 6.45) is 10.4. The van der Waals surface area contributed by atoms with Crippen molar-refractivity contribution in [3.8, 4) is 0 Å². The minimum atomic E-state index is -0.190. The number of piperidine rings is 1. The van der Waals surface area contributed by atoms with E-state index in [-0.39, 0.29) is 17.4 Å². The van der Waals surface area contributed by atoms with Gasteiger partial charge < -0.3 is 10.6 Å². The molecule has 1 saturated carbocycles. The lowest BCUT2D eigenvalue weighted by Gasteiger charge is -2.39. The van der Waals surface area contributed by atoms with Crippen molar-refractivity contribution in [2.45, 2.75) is 82.8 Å². The van der Waals surface area contributed by atoms with Crippen LogP contribution in [0.1, 0.15) is 81.1 Å². The van der Waals surface area contributed by atoms with Crippen molar-refractivity contribution >= 4 is 11.8 Å². The van der Waals surface area contributed by atoms with Gasteiger partial charge in [0.2, 0.25) is 5.91 Å². The highest BCUT2D eigenvalue weighted by Gasteiger charge is 2.41. The van der Waals surface area contributed by atoms with Crippen molar-refractivity contribution in [1.29, 1.82) is 0 Å². The summed E-state index contributed by atoms with van der Waals surface area (Å²) in [6, 6.07) is 2.92. The summed E-state index contributed by atoms with van der Waals surface area (Å²) in [4.78, 5) is 31.6. The predicted octanol–water partition coefficient (Wildman–Crippen LogP) is 2.85. The second-order valence-corrected chi connectivity index (χ2v) is 10.2. The van der Waals surface area contributed by atoms with E-state index in [1.165, 1.54) is 18.4 Å². The molecule has 1 aliphatic carbocycles. The van der Waals surface area contributed by atoms with E-state index in [1.807, 2.05) is 33.0 Å². The Morgan fingerprint density at radius 3 is 2.41 bits per heavy atom. The highest BCUT2D eigenvalue weighted by Crippen LogP contribution is 2.40. The Hall–Kier alpha value is -1.95. The van der Waals surface area contributed by atoms with Gasteiger partial charge in [-0.25, -0.2) is 0 Å². The number of aromatic nitrogens is 1. The van der Waals surface area contributed by atoms with Gasteiger partial charge >= 0.3 is 0 Å². The average molecular weight is 399 g/mol. The molecule has 2 aliphatic heterocycles. The lowest BCUT2D eigenvalue weighted by atomic mass is 9.90. The van der Waals surface area contributed by atoms with Gasteiger partial charge in [0, 0.05) is 36.6 Å². The first-order valence-corrected chi connectivity index (χ1v) is 11.1. The molecule has 2 N–H and O–H groups in total. The Balaban J connectivity index is 1.27. The smallest absolute Gasteiger partial charge is 0.252 e. The van der Waals surface area contributed by atoms with Crippen molar-refractivity contribution in [2.24, 2.45) is 5.92 Å². The Morgan fingerprint density at radius 2 is 1.79 bits per heavy atom. The van der Waals surface area contributed by atoms with E-state index >= 15 is 0 Å². The zero-order chi connectivity index (χ0) is 20.6. The molecule has 0 radical (unpaired) electrons. The summed E-state index contributed by atoms with van der Waals surface area (Å²) >= 11 is 0. The monoisotopic (exact) mass is 398 g/mol. The summed E-state index contributed by atoms with van der Waals surface area (Å²) in [5.41, 5.74) is 1.68. The summed E-state index contributed by atoms with van der Waals surface area (Å²) in [7, 11) is 0. The molecular formula is C23H34N4O2. The summed E-state index contributed by atoms with van der Waals surface area (Å²) in [6.45, 7) is 7.26. The van der Waals surface area contributed by atoms with E-state index in [4.69, 9.17) is 0 Å². The third-order valence-corrected chi connectivity index (χ3v) is 6.44. The van der Waals surface area contributed by atoms with Crippen LogP contribution in [-0.4, -0.2) is 52.4 Å². The number of rotatable bonds is 6. The largest absolute Gasteiger partial charge is 0.352 e. The van der Waals surface area contributed by atoms with Crippen LogP contribution in [0.15, 0.2) is 18.5 Å². The molecule has 2 unspecified atom stereocenters. The quantitative estimate of drug-likeness (QED) is 0.773. The second-order valence-electron chi connectivity index (χ2n) is 10.2. The van der Waals surface area contributed by atoms with E-state index in [1.54, 1.807) is 6.20 Å². The Kier molecular flexibility index (Phi) is 5.65. The van der Waals surface area contributed by atoms with Crippen molar-refractivity contribution < 1.29 is 9.59 Å². The van der Waals surface area contributed by atoms with E-state index < -0.39 is 0 Å². The van der Waals surface area contributed by atoms with Crippen molar-refractivity contribution in [2.75, 3.05) is 13.1 Å². The van der Waals surface area contributed by atoms with Gasteiger partial charge in [-0.15, -0.1) is 0 Å². The molecule has 0 spiro atoms. The van der Waals surface area contributed by atoms with Gasteiger partial charge in [0.25, 0.3) is 5.91 Å². The molecule has 2 saturated heterocycles. The minimum absolute atomic E-state index is 0.0145. The molecule has 29 heavy (non-hydrogen) atoms. The van der Waals surface area contributed by atoms with Crippen LogP contribution in [0.2, 0.25) is 0 Å². The van der Waals surface area contributed by atoms with E-state index in [0.29, 0.717) is 42.6 Å². The Labute approximate surface area is 173 Å². The molecule has 158 valence electrons. The van der Waals surface area contributed by atoms with Crippen molar-refractivity contribution in [3.63, 3.8) is 0 Å². The van der Waals surface area contributed by atoms with Crippen LogP contribution in [0.5, 0.6) is 0 Å². The molecular weight excluding hydrogens is 364 g/mol. The SMILES string of the molecule is CC(C)(C)NC(=O)CN1C2CCC1CC(CNC(=O)c1cncc(C3CC3)c1)C2. The van der Waals surface area contributed by atoms with E-state index in [9.17, 15) is 9.59 Å². The fourth-order valence-corrected chi connectivity index (χ4v) is 5.00. The minimum Gasteiger partial charge on any atom is -0.352 e. The Bertz CT molecular complexity index is 754. The summed E-state index contributed by atoms with van der Waals surface area (Å²) in [5, 5.41) is 6.21. The molecule has 4 rings (SSSR count). The van der Waals surface area contributed by atoms with Gasteiger partial charge in [0.15, 0.2) is 0 Å². The van der Waals surface area contributed by atoms with Crippen molar-refractivity contribution in [3.05, 3.63) is 29.6 Å². The lowest BCUT2D eigenvalue weighted by Crippen LogP contribution is -2.52. The fraction of sp³-hybridized carbons (Fsp3) is 0.696. The highest BCUT2D eigenvalue weighted by molar-refractivity contribution is 5.94. The molecule has 2 bridgehead atoms. The van der Waals surface area contributed by atoms with E-state index in [0.717, 1.165) is 25.7 Å². The number of nitrogens with one attached hydrogen (secondary N) is 2. The Morgan fingerprint density at radius 1 is 1.10 bits per heavy atom. The molecule has 6 nitrogen and oxygen atoms in total. The van der Waals surface area contributed by atoms with Crippen LogP contribution < -0.4 is 10.6 Å². The third kappa shape index (κ3) is 5.16. The molecule has 1 aromatic rings. The lowest BCUT2D eigenvalue weighted by molar-refractivity contribution is -0.125. The zero-order valence-corrected chi connectivity index (χ0v) is 17.9. The van der Waals surface area contributed by atoms with Crippen LogP contribution in [0.4, 0.5) is 0 Å². The number of pyridine rings is 1. The van der Waals surface area contributed by atoms with Gasteiger partial charge in [-0.2, -0.15) is 0 Å². The molecule has 3 aliphatic rings. The molecule has 0 aromatic carbocycles. The summed E-state index contributed by atoms with van der Waals surface area (Å²) < 4.78 is 0. The molecule has 2 atom stereocenters. The maximum Gasteiger partial charge on any atom is 0.252 e. The van der Waals surface area contributed by atoms with Gasteiger partial charge in [-0.05, 0) is 82.8 Å².